The Morgan fingerprint density at radius 3 is 2.22 bits per heavy atom. The molecule has 3 aliphatic rings. The number of benzene rings is 3. The highest BCUT2D eigenvalue weighted by Gasteiger charge is 2.39. The summed E-state index contributed by atoms with van der Waals surface area (Å²) >= 11 is 0. The third-order valence-corrected chi connectivity index (χ3v) is 8.15. The van der Waals surface area contributed by atoms with E-state index in [1.165, 1.54) is 45.4 Å². The summed E-state index contributed by atoms with van der Waals surface area (Å²) in [6.07, 6.45) is 7.41. The summed E-state index contributed by atoms with van der Waals surface area (Å²) in [5.41, 5.74) is 9.11. The van der Waals surface area contributed by atoms with Crippen LogP contribution in [0.5, 0.6) is 0 Å². The average molecular weight is 478 g/mol. The Morgan fingerprint density at radius 1 is 0.917 bits per heavy atom. The van der Waals surface area contributed by atoms with Crippen LogP contribution in [-0.4, -0.2) is 29.7 Å². The lowest BCUT2D eigenvalue weighted by molar-refractivity contribution is 0.0539. The molecule has 3 aromatic carbocycles. The van der Waals surface area contributed by atoms with Gasteiger partial charge >= 0.3 is 6.09 Å². The minimum Gasteiger partial charge on any atom is -0.448 e. The molecule has 2 aliphatic heterocycles. The van der Waals surface area contributed by atoms with Crippen molar-refractivity contribution in [2.45, 2.75) is 64.0 Å². The van der Waals surface area contributed by atoms with Crippen LogP contribution in [0.15, 0.2) is 78.9 Å². The van der Waals surface area contributed by atoms with Crippen LogP contribution in [0.2, 0.25) is 0 Å². The predicted molar refractivity (Wildman–Crippen MR) is 146 cm³/mol. The van der Waals surface area contributed by atoms with Crippen LogP contribution < -0.4 is 0 Å². The topological polar surface area (TPSA) is 29.5 Å². The molecule has 0 aromatic heterocycles. The molecule has 2 heterocycles. The van der Waals surface area contributed by atoms with E-state index in [0.717, 1.165) is 25.7 Å². The molecule has 1 amide bonds. The fraction of sp³-hybridized carbons (Fsp3) is 0.364. The molecule has 36 heavy (non-hydrogen) atoms. The maximum absolute atomic E-state index is 13.5. The number of ether oxygens (including phenoxy) is 1. The lowest BCUT2D eigenvalue weighted by Gasteiger charge is -2.44. The van der Waals surface area contributed by atoms with Gasteiger partial charge in [-0.1, -0.05) is 92.7 Å². The van der Waals surface area contributed by atoms with E-state index in [1.54, 1.807) is 0 Å². The van der Waals surface area contributed by atoms with Gasteiger partial charge < -0.3 is 4.74 Å². The normalized spacial score (nSPS) is 20.6. The largest absolute Gasteiger partial charge is 0.448 e. The highest BCUT2D eigenvalue weighted by Crippen LogP contribution is 2.45. The summed E-state index contributed by atoms with van der Waals surface area (Å²) in [5, 5.41) is 0. The summed E-state index contributed by atoms with van der Waals surface area (Å²) in [4.78, 5) is 15.5. The van der Waals surface area contributed by atoms with E-state index < -0.39 is 0 Å². The van der Waals surface area contributed by atoms with Crippen LogP contribution in [0.4, 0.5) is 4.79 Å². The maximum atomic E-state index is 13.5. The summed E-state index contributed by atoms with van der Waals surface area (Å²) in [6.45, 7) is 4.91. The monoisotopic (exact) mass is 477 g/mol. The molecule has 0 saturated carbocycles. The molecule has 2 atom stereocenters. The molecule has 1 saturated heterocycles. The zero-order valence-corrected chi connectivity index (χ0v) is 21.3. The minimum absolute atomic E-state index is 0.0986. The molecule has 0 spiro atoms. The van der Waals surface area contributed by atoms with E-state index in [1.807, 2.05) is 4.90 Å². The van der Waals surface area contributed by atoms with Crippen molar-refractivity contribution >= 4 is 11.7 Å². The number of hydrogen-bond acceptors (Lipinski definition) is 2. The van der Waals surface area contributed by atoms with Gasteiger partial charge in [0.1, 0.15) is 6.61 Å². The van der Waals surface area contributed by atoms with Crippen LogP contribution in [0.3, 0.4) is 0 Å². The molecule has 1 fully saturated rings. The fourth-order valence-electron chi connectivity index (χ4n) is 6.52. The Kier molecular flexibility index (Phi) is 6.17. The number of rotatable bonds is 5. The Hall–Kier alpha value is -3.33. The highest BCUT2D eigenvalue weighted by molar-refractivity contribution is 5.79. The third-order valence-electron chi connectivity index (χ3n) is 8.15. The van der Waals surface area contributed by atoms with Gasteiger partial charge in [0.15, 0.2) is 0 Å². The number of nitrogens with zero attached hydrogens (tertiary/aromatic N) is 1. The smallest absolute Gasteiger partial charge is 0.410 e. The second kappa shape index (κ2) is 9.61. The molecular weight excluding hydrogens is 442 g/mol. The van der Waals surface area contributed by atoms with E-state index in [2.05, 4.69) is 92.7 Å². The van der Waals surface area contributed by atoms with Gasteiger partial charge in [-0.3, -0.25) is 4.90 Å². The van der Waals surface area contributed by atoms with Crippen molar-refractivity contribution in [3.63, 3.8) is 0 Å². The van der Waals surface area contributed by atoms with Gasteiger partial charge in [0, 0.05) is 12.0 Å². The van der Waals surface area contributed by atoms with E-state index >= 15 is 0 Å². The predicted octanol–water partition coefficient (Wildman–Crippen LogP) is 7.84. The van der Waals surface area contributed by atoms with Crippen molar-refractivity contribution in [3.8, 4) is 11.1 Å². The molecule has 0 N–H and O–H groups in total. The number of amides is 1. The van der Waals surface area contributed by atoms with Gasteiger partial charge in [0.2, 0.25) is 0 Å². The van der Waals surface area contributed by atoms with Gasteiger partial charge in [-0.25, -0.2) is 4.79 Å². The summed E-state index contributed by atoms with van der Waals surface area (Å²) < 4.78 is 6.07. The van der Waals surface area contributed by atoms with E-state index in [4.69, 9.17) is 4.74 Å². The molecule has 3 heteroatoms. The molecule has 3 aromatic rings. The van der Waals surface area contributed by atoms with E-state index in [9.17, 15) is 4.79 Å². The van der Waals surface area contributed by atoms with Crippen LogP contribution >= 0.6 is 0 Å². The van der Waals surface area contributed by atoms with E-state index in [-0.39, 0.29) is 24.1 Å². The van der Waals surface area contributed by atoms with Crippen LogP contribution in [0, 0.1) is 5.92 Å². The van der Waals surface area contributed by atoms with Crippen LogP contribution in [0.25, 0.3) is 16.7 Å². The zero-order valence-electron chi connectivity index (χ0n) is 21.3. The number of hydrogen-bond donors (Lipinski definition) is 0. The molecule has 184 valence electrons. The molecule has 0 radical (unpaired) electrons. The SMILES string of the molecule is CC(C)Cc1ccc(C2=CC3CCCC(C2)N3C(=O)OCC2c3ccccc3-c3ccccc32)cc1. The van der Waals surface area contributed by atoms with Crippen molar-refractivity contribution in [1.82, 2.24) is 4.90 Å². The van der Waals surface area contributed by atoms with Crippen molar-refractivity contribution in [1.29, 1.82) is 0 Å². The lowest BCUT2D eigenvalue weighted by Crippen LogP contribution is -2.51. The Labute approximate surface area is 214 Å². The zero-order chi connectivity index (χ0) is 24.6. The number of fused-ring (bicyclic) bond motifs is 5. The number of piperidine rings is 1. The molecule has 2 unspecified atom stereocenters. The van der Waals surface area contributed by atoms with Crippen LogP contribution in [-0.2, 0) is 11.2 Å². The van der Waals surface area contributed by atoms with Crippen molar-refractivity contribution in [3.05, 3.63) is 101 Å². The first kappa shape index (κ1) is 23.1. The van der Waals surface area contributed by atoms with Crippen molar-refractivity contribution in [2.75, 3.05) is 6.61 Å². The maximum Gasteiger partial charge on any atom is 0.410 e. The van der Waals surface area contributed by atoms with Crippen LogP contribution in [0.1, 0.15) is 67.7 Å². The van der Waals surface area contributed by atoms with Gasteiger partial charge in [-0.15, -0.1) is 0 Å². The number of carbonyl (C=O) groups excluding carboxylic acids is 1. The molecule has 3 nitrogen and oxygen atoms in total. The molecular formula is C33H35NO2. The Balaban J connectivity index is 1.18. The lowest BCUT2D eigenvalue weighted by atomic mass is 9.83. The summed E-state index contributed by atoms with van der Waals surface area (Å²) in [6, 6.07) is 26.4. The first-order valence-corrected chi connectivity index (χ1v) is 13.5. The average Bonchev–Trinajstić information content (AvgIpc) is 3.20. The Morgan fingerprint density at radius 2 is 1.58 bits per heavy atom. The van der Waals surface area contributed by atoms with Gasteiger partial charge in [0.05, 0.1) is 6.04 Å². The van der Waals surface area contributed by atoms with Crippen molar-refractivity contribution < 1.29 is 9.53 Å². The second-order valence-electron chi connectivity index (χ2n) is 11.1. The quantitative estimate of drug-likeness (QED) is 0.374. The highest BCUT2D eigenvalue weighted by atomic mass is 16.6. The fourth-order valence-corrected chi connectivity index (χ4v) is 6.52. The molecule has 2 bridgehead atoms. The second-order valence-corrected chi connectivity index (χ2v) is 11.1. The summed E-state index contributed by atoms with van der Waals surface area (Å²) in [5.74, 6) is 0.760. The van der Waals surface area contributed by atoms with Gasteiger partial charge in [-0.05, 0) is 77.0 Å². The van der Waals surface area contributed by atoms with Gasteiger partial charge in [-0.2, -0.15) is 0 Å². The summed E-state index contributed by atoms with van der Waals surface area (Å²) in [7, 11) is 0. The Bertz CT molecular complexity index is 1240. The molecule has 1 aliphatic carbocycles. The first-order valence-electron chi connectivity index (χ1n) is 13.5. The number of carbonyl (C=O) groups is 1. The first-order chi connectivity index (χ1) is 17.6. The third kappa shape index (κ3) is 4.25. The molecule has 6 rings (SSSR count). The minimum atomic E-state index is -0.158. The van der Waals surface area contributed by atoms with E-state index in [0.29, 0.717) is 12.5 Å². The standard InChI is InChI=1S/C33H35NO2/c1-22(2)18-23-14-16-24(17-15-23)25-19-26-8-7-9-27(20-25)34(26)33(35)36-21-32-30-12-5-3-10-28(30)29-11-4-6-13-31(29)32/h3-6,10-17,19,22,26-27,32H,7-9,18,20-21H2,1-2H3. The van der Waals surface area contributed by atoms with Gasteiger partial charge in [0.25, 0.3) is 0 Å². The van der Waals surface area contributed by atoms with Crippen molar-refractivity contribution in [2.24, 2.45) is 5.92 Å².